The molecule has 0 aliphatic heterocycles. The topological polar surface area (TPSA) is 103 Å². The monoisotopic (exact) mass is 479 g/mol. The molecule has 3 aromatic heterocycles. The zero-order chi connectivity index (χ0) is 23.1. The fourth-order valence-corrected chi connectivity index (χ4v) is 4.00. The number of nitrogens with zero attached hydrogens (tertiary/aromatic N) is 3. The Balaban J connectivity index is 1.85. The van der Waals surface area contributed by atoms with E-state index in [0.29, 0.717) is 37.8 Å². The number of furan rings is 1. The third-order valence-electron chi connectivity index (χ3n) is 4.83. The Labute approximate surface area is 193 Å². The van der Waals surface area contributed by atoms with Crippen LogP contribution in [0.25, 0.3) is 11.0 Å². The molecule has 0 aromatic carbocycles. The Morgan fingerprint density at radius 2 is 2.09 bits per heavy atom. The van der Waals surface area contributed by atoms with Gasteiger partial charge in [0.05, 0.1) is 24.8 Å². The molecule has 0 radical (unpaired) electrons. The minimum Gasteiger partial charge on any atom is -0.467 e. The molecular weight excluding hydrogens is 450 g/mol. The van der Waals surface area contributed by atoms with Crippen LogP contribution < -0.4 is 10.6 Å². The third kappa shape index (κ3) is 6.72. The molecule has 3 heterocycles. The first-order valence-electron chi connectivity index (χ1n) is 10.5. The summed E-state index contributed by atoms with van der Waals surface area (Å²) in [5.41, 5.74) is 1.57. The van der Waals surface area contributed by atoms with Crippen molar-refractivity contribution >= 4 is 42.6 Å². The lowest BCUT2D eigenvalue weighted by Gasteiger charge is -2.16. The van der Waals surface area contributed by atoms with E-state index < -0.39 is 14.2 Å². The Bertz CT molecular complexity index is 1030. The average Bonchev–Trinajstić information content (AvgIpc) is 3.37. The number of rotatable bonds is 11. The van der Waals surface area contributed by atoms with Gasteiger partial charge in [0.2, 0.25) is 5.28 Å². The van der Waals surface area contributed by atoms with Crippen molar-refractivity contribution in [2.75, 3.05) is 25.6 Å². The number of carbonyl (C=O) groups is 1. The van der Waals surface area contributed by atoms with Crippen LogP contribution in [0.2, 0.25) is 31.0 Å². The van der Waals surface area contributed by atoms with Crippen LogP contribution in [0, 0.1) is 0 Å². The second kappa shape index (κ2) is 10.8. The molecule has 3 aromatic rings. The lowest BCUT2D eigenvalue weighted by molar-refractivity contribution is 0.0872. The van der Waals surface area contributed by atoms with Crippen LogP contribution in [-0.2, 0) is 29.2 Å². The number of amides is 1. The first-order chi connectivity index (χ1) is 15.3. The molecule has 0 spiro atoms. The molecule has 11 heteroatoms. The SMILES string of the molecule is CNC(=O)OCCc1cc2c(NCc3ccco3)nc(Cl)nc2n1COCC[Si](C)(C)C. The van der Waals surface area contributed by atoms with Crippen molar-refractivity contribution in [1.82, 2.24) is 19.9 Å². The van der Waals surface area contributed by atoms with Crippen LogP contribution in [0.4, 0.5) is 10.6 Å². The number of nitrogens with one attached hydrogen (secondary N) is 2. The van der Waals surface area contributed by atoms with Gasteiger partial charge >= 0.3 is 6.09 Å². The second-order valence-corrected chi connectivity index (χ2v) is 14.5. The molecule has 1 amide bonds. The summed E-state index contributed by atoms with van der Waals surface area (Å²) in [6.45, 7) is 8.62. The summed E-state index contributed by atoms with van der Waals surface area (Å²) in [6.07, 6.45) is 1.65. The number of aromatic nitrogens is 3. The molecular formula is C21H30ClN5O4Si. The van der Waals surface area contributed by atoms with Crippen molar-refractivity contribution in [3.8, 4) is 0 Å². The van der Waals surface area contributed by atoms with Crippen LogP contribution >= 0.6 is 11.6 Å². The van der Waals surface area contributed by atoms with Gasteiger partial charge in [0.15, 0.2) is 0 Å². The fraction of sp³-hybridized carbons (Fsp3) is 0.476. The Hall–Kier alpha value is -2.56. The lowest BCUT2D eigenvalue weighted by atomic mass is 10.3. The van der Waals surface area contributed by atoms with Gasteiger partial charge in [-0.1, -0.05) is 19.6 Å². The van der Waals surface area contributed by atoms with Crippen molar-refractivity contribution in [2.24, 2.45) is 0 Å². The molecule has 3 rings (SSSR count). The minimum absolute atomic E-state index is 0.133. The van der Waals surface area contributed by atoms with E-state index >= 15 is 0 Å². The Kier molecular flexibility index (Phi) is 8.16. The zero-order valence-corrected chi connectivity index (χ0v) is 20.7. The van der Waals surface area contributed by atoms with Crippen LogP contribution in [0.1, 0.15) is 11.5 Å². The van der Waals surface area contributed by atoms with E-state index in [1.165, 1.54) is 7.05 Å². The number of halogens is 1. The van der Waals surface area contributed by atoms with Gasteiger partial charge in [-0.3, -0.25) is 0 Å². The molecule has 32 heavy (non-hydrogen) atoms. The van der Waals surface area contributed by atoms with Crippen molar-refractivity contribution in [3.63, 3.8) is 0 Å². The molecule has 0 bridgehead atoms. The van der Waals surface area contributed by atoms with Gasteiger partial charge < -0.3 is 29.1 Å². The number of ether oxygens (including phenoxy) is 2. The predicted octanol–water partition coefficient (Wildman–Crippen LogP) is 4.50. The number of alkyl carbamates (subject to hydrolysis) is 1. The molecule has 0 fully saturated rings. The van der Waals surface area contributed by atoms with E-state index in [1.807, 2.05) is 22.8 Å². The number of anilines is 1. The van der Waals surface area contributed by atoms with Crippen LogP contribution in [0.3, 0.4) is 0 Å². The molecule has 0 aliphatic rings. The van der Waals surface area contributed by atoms with E-state index in [-0.39, 0.29) is 11.9 Å². The Morgan fingerprint density at radius 3 is 2.78 bits per heavy atom. The summed E-state index contributed by atoms with van der Waals surface area (Å²) >= 11 is 6.24. The van der Waals surface area contributed by atoms with Crippen LogP contribution in [0.5, 0.6) is 0 Å². The number of carbonyl (C=O) groups excluding carboxylic acids is 1. The van der Waals surface area contributed by atoms with Crippen molar-refractivity contribution in [1.29, 1.82) is 0 Å². The smallest absolute Gasteiger partial charge is 0.406 e. The molecule has 2 N–H and O–H groups in total. The molecule has 0 saturated carbocycles. The van der Waals surface area contributed by atoms with E-state index in [1.54, 1.807) is 6.26 Å². The van der Waals surface area contributed by atoms with Gasteiger partial charge in [-0.25, -0.2) is 9.78 Å². The van der Waals surface area contributed by atoms with Crippen LogP contribution in [0.15, 0.2) is 28.9 Å². The highest BCUT2D eigenvalue weighted by Gasteiger charge is 2.18. The van der Waals surface area contributed by atoms with E-state index in [0.717, 1.165) is 22.9 Å². The molecule has 174 valence electrons. The first kappa shape index (κ1) is 24.1. The minimum atomic E-state index is -1.20. The highest BCUT2D eigenvalue weighted by Crippen LogP contribution is 2.27. The number of hydrogen-bond acceptors (Lipinski definition) is 7. The summed E-state index contributed by atoms with van der Waals surface area (Å²) in [5.74, 6) is 1.38. The van der Waals surface area contributed by atoms with E-state index in [9.17, 15) is 4.79 Å². The molecule has 0 unspecified atom stereocenters. The summed E-state index contributed by atoms with van der Waals surface area (Å²) in [7, 11) is 0.324. The largest absolute Gasteiger partial charge is 0.467 e. The summed E-state index contributed by atoms with van der Waals surface area (Å²) in [4.78, 5) is 20.3. The highest BCUT2D eigenvalue weighted by atomic mass is 35.5. The fourth-order valence-electron chi connectivity index (χ4n) is 3.07. The standard InChI is InChI=1S/C21H30ClN5O4Si/c1-23-21(28)31-9-7-15-12-17-18(24-13-16-6-5-8-30-16)25-20(22)26-19(17)27(15)14-29-10-11-32(2,3)4/h5-6,8,12H,7,9-11,13-14H2,1-4H3,(H,23,28)(H,24,25,26). The molecule has 0 saturated heterocycles. The van der Waals surface area contributed by atoms with Gasteiger partial charge in [-0.15, -0.1) is 0 Å². The third-order valence-corrected chi connectivity index (χ3v) is 6.71. The quantitative estimate of drug-likeness (QED) is 0.237. The van der Waals surface area contributed by atoms with Gasteiger partial charge in [0, 0.05) is 33.8 Å². The lowest BCUT2D eigenvalue weighted by Crippen LogP contribution is -2.22. The number of fused-ring (bicyclic) bond motifs is 1. The highest BCUT2D eigenvalue weighted by molar-refractivity contribution is 6.76. The maximum absolute atomic E-state index is 11.4. The van der Waals surface area contributed by atoms with E-state index in [2.05, 4.69) is 40.2 Å². The second-order valence-electron chi connectivity index (χ2n) is 8.56. The predicted molar refractivity (Wildman–Crippen MR) is 127 cm³/mol. The maximum Gasteiger partial charge on any atom is 0.406 e. The summed E-state index contributed by atoms with van der Waals surface area (Å²) < 4.78 is 18.5. The maximum atomic E-state index is 11.4. The Morgan fingerprint density at radius 1 is 1.28 bits per heavy atom. The molecule has 0 atom stereocenters. The molecule has 9 nitrogen and oxygen atoms in total. The van der Waals surface area contributed by atoms with Gasteiger partial charge in [0.1, 0.15) is 24.0 Å². The molecule has 0 aliphatic carbocycles. The summed E-state index contributed by atoms with van der Waals surface area (Å²) in [5, 5.41) is 6.66. The number of hydrogen-bond donors (Lipinski definition) is 2. The van der Waals surface area contributed by atoms with E-state index in [4.69, 9.17) is 25.5 Å². The van der Waals surface area contributed by atoms with Gasteiger partial charge in [-0.2, -0.15) is 4.98 Å². The van der Waals surface area contributed by atoms with Crippen molar-refractivity contribution in [3.05, 3.63) is 41.2 Å². The first-order valence-corrected chi connectivity index (χ1v) is 14.6. The summed E-state index contributed by atoms with van der Waals surface area (Å²) in [6, 6.07) is 6.75. The zero-order valence-electron chi connectivity index (χ0n) is 18.9. The van der Waals surface area contributed by atoms with Gasteiger partial charge in [0.25, 0.3) is 0 Å². The normalized spacial score (nSPS) is 11.7. The van der Waals surface area contributed by atoms with Gasteiger partial charge in [-0.05, 0) is 35.8 Å². The van der Waals surface area contributed by atoms with Crippen LogP contribution in [-0.4, -0.2) is 49.0 Å². The van der Waals surface area contributed by atoms with Crippen molar-refractivity contribution in [2.45, 2.75) is 45.4 Å². The average molecular weight is 480 g/mol. The van der Waals surface area contributed by atoms with Crippen molar-refractivity contribution < 1.29 is 18.7 Å².